The van der Waals surface area contributed by atoms with E-state index in [1.807, 2.05) is 37.3 Å². The Morgan fingerprint density at radius 2 is 1.82 bits per heavy atom. The predicted octanol–water partition coefficient (Wildman–Crippen LogP) is 4.70. The van der Waals surface area contributed by atoms with Gasteiger partial charge in [-0.25, -0.2) is 0 Å². The van der Waals surface area contributed by atoms with Crippen LogP contribution in [0.15, 0.2) is 36.4 Å². The number of carbonyl (C=O) groups is 1. The van der Waals surface area contributed by atoms with Crippen LogP contribution >= 0.6 is 0 Å². The van der Waals surface area contributed by atoms with Crippen LogP contribution in [-0.2, 0) is 0 Å². The molecule has 0 aliphatic rings. The third kappa shape index (κ3) is 5.48. The maximum absolute atomic E-state index is 11.8. The van der Waals surface area contributed by atoms with Crippen molar-refractivity contribution < 1.29 is 4.79 Å². The van der Waals surface area contributed by atoms with Gasteiger partial charge in [0.15, 0.2) is 5.78 Å². The Bertz CT molecular complexity index is 360. The third-order valence-corrected chi connectivity index (χ3v) is 2.83. The summed E-state index contributed by atoms with van der Waals surface area (Å²) in [5.41, 5.74) is 1.96. The average Bonchev–Trinajstić information content (AvgIpc) is 2.34. The van der Waals surface area contributed by atoms with Crippen LogP contribution in [0.2, 0.25) is 0 Å². The molecule has 1 heteroatoms. The highest BCUT2D eigenvalue weighted by Crippen LogP contribution is 2.06. The molecule has 1 rings (SSSR count). The van der Waals surface area contributed by atoms with Crippen molar-refractivity contribution in [3.63, 3.8) is 0 Å². The molecule has 0 N–H and O–H groups in total. The number of ketones is 1. The molecule has 0 saturated carbocycles. The summed E-state index contributed by atoms with van der Waals surface area (Å²) in [5, 5.41) is 0. The highest BCUT2D eigenvalue weighted by atomic mass is 16.1. The van der Waals surface area contributed by atoms with Crippen LogP contribution in [0.5, 0.6) is 0 Å². The molecule has 17 heavy (non-hydrogen) atoms. The Labute approximate surface area is 105 Å². The van der Waals surface area contributed by atoms with E-state index < -0.39 is 0 Å². The fourth-order valence-electron chi connectivity index (χ4n) is 1.69. The lowest BCUT2D eigenvalue weighted by atomic mass is 10.1. The molecule has 1 aromatic carbocycles. The van der Waals surface area contributed by atoms with Crippen molar-refractivity contribution in [1.29, 1.82) is 0 Å². The van der Waals surface area contributed by atoms with Gasteiger partial charge in [-0.05, 0) is 25.8 Å². The minimum atomic E-state index is 0.112. The van der Waals surface area contributed by atoms with Gasteiger partial charge in [-0.1, -0.05) is 62.1 Å². The lowest BCUT2D eigenvalue weighted by Crippen LogP contribution is -1.93. The number of benzene rings is 1. The normalized spacial score (nSPS) is 10.9. The fourth-order valence-corrected chi connectivity index (χ4v) is 1.69. The molecular weight excluding hydrogens is 208 g/mol. The Kier molecular flexibility index (Phi) is 6.31. The zero-order chi connectivity index (χ0) is 12.5. The van der Waals surface area contributed by atoms with Crippen LogP contribution in [0.3, 0.4) is 0 Å². The highest BCUT2D eigenvalue weighted by Gasteiger charge is 1.99. The number of rotatable bonds is 7. The van der Waals surface area contributed by atoms with Gasteiger partial charge in [0.2, 0.25) is 0 Å². The average molecular weight is 230 g/mol. The predicted molar refractivity (Wildman–Crippen MR) is 73.4 cm³/mol. The first-order valence-electron chi connectivity index (χ1n) is 6.51. The van der Waals surface area contributed by atoms with E-state index in [0.29, 0.717) is 0 Å². The van der Waals surface area contributed by atoms with Crippen LogP contribution in [0, 0.1) is 6.92 Å². The lowest BCUT2D eigenvalue weighted by molar-refractivity contribution is 0.104. The molecule has 0 heterocycles. The minimum absolute atomic E-state index is 0.112. The van der Waals surface area contributed by atoms with E-state index in [1.54, 1.807) is 6.08 Å². The van der Waals surface area contributed by atoms with E-state index in [2.05, 4.69) is 6.92 Å². The summed E-state index contributed by atoms with van der Waals surface area (Å²) in [6, 6.07) is 7.73. The molecule has 92 valence electrons. The molecule has 0 bridgehead atoms. The Hall–Kier alpha value is -1.37. The van der Waals surface area contributed by atoms with E-state index >= 15 is 0 Å². The quantitative estimate of drug-likeness (QED) is 0.377. The van der Waals surface area contributed by atoms with Crippen LogP contribution < -0.4 is 0 Å². The second kappa shape index (κ2) is 7.83. The van der Waals surface area contributed by atoms with E-state index in [1.165, 1.54) is 31.2 Å². The van der Waals surface area contributed by atoms with Crippen molar-refractivity contribution in [3.8, 4) is 0 Å². The number of unbranched alkanes of at least 4 members (excludes halogenated alkanes) is 4. The maximum atomic E-state index is 11.8. The van der Waals surface area contributed by atoms with Gasteiger partial charge in [0, 0.05) is 5.56 Å². The van der Waals surface area contributed by atoms with Crippen molar-refractivity contribution in [3.05, 3.63) is 47.5 Å². The maximum Gasteiger partial charge on any atom is 0.185 e. The Balaban J connectivity index is 2.33. The van der Waals surface area contributed by atoms with Gasteiger partial charge in [0.1, 0.15) is 0 Å². The first kappa shape index (κ1) is 13.7. The summed E-state index contributed by atoms with van der Waals surface area (Å²) in [6.45, 7) is 4.23. The van der Waals surface area contributed by atoms with Crippen molar-refractivity contribution >= 4 is 5.78 Å². The molecule has 0 fully saturated rings. The Morgan fingerprint density at radius 1 is 1.12 bits per heavy atom. The summed E-state index contributed by atoms with van der Waals surface area (Å²) in [4.78, 5) is 11.8. The number of hydrogen-bond acceptors (Lipinski definition) is 1. The summed E-state index contributed by atoms with van der Waals surface area (Å²) in [7, 11) is 0. The fraction of sp³-hybridized carbons (Fsp3) is 0.438. The number of hydrogen-bond donors (Lipinski definition) is 0. The first-order chi connectivity index (χ1) is 8.24. The molecule has 0 unspecified atom stereocenters. The topological polar surface area (TPSA) is 17.1 Å². The molecule has 0 spiro atoms. The van der Waals surface area contributed by atoms with Crippen LogP contribution in [0.1, 0.15) is 54.9 Å². The number of allylic oxidation sites excluding steroid dienone is 2. The van der Waals surface area contributed by atoms with Crippen LogP contribution in [-0.4, -0.2) is 5.78 Å². The van der Waals surface area contributed by atoms with Crippen molar-refractivity contribution in [2.45, 2.75) is 46.0 Å². The Morgan fingerprint density at radius 3 is 2.47 bits per heavy atom. The molecule has 0 aromatic heterocycles. The monoisotopic (exact) mass is 230 g/mol. The smallest absolute Gasteiger partial charge is 0.185 e. The number of carbonyl (C=O) groups excluding carboxylic acids is 1. The van der Waals surface area contributed by atoms with Crippen LogP contribution in [0.4, 0.5) is 0 Å². The summed E-state index contributed by atoms with van der Waals surface area (Å²) >= 11 is 0. The van der Waals surface area contributed by atoms with Gasteiger partial charge in [-0.2, -0.15) is 0 Å². The standard InChI is InChI=1S/C16H22O/c1-3-4-5-6-7-8-9-16(17)15-12-10-14(2)11-13-15/h8-13H,3-7H2,1-2H3/b9-8+. The van der Waals surface area contributed by atoms with Crippen molar-refractivity contribution in [2.24, 2.45) is 0 Å². The van der Waals surface area contributed by atoms with Gasteiger partial charge in [0.05, 0.1) is 0 Å². The van der Waals surface area contributed by atoms with E-state index in [4.69, 9.17) is 0 Å². The molecule has 1 nitrogen and oxygen atoms in total. The molecule has 0 saturated heterocycles. The molecule has 1 aromatic rings. The molecule has 0 amide bonds. The van der Waals surface area contributed by atoms with Gasteiger partial charge >= 0.3 is 0 Å². The third-order valence-electron chi connectivity index (χ3n) is 2.83. The zero-order valence-electron chi connectivity index (χ0n) is 10.9. The van der Waals surface area contributed by atoms with Gasteiger partial charge in [0.25, 0.3) is 0 Å². The second-order valence-corrected chi connectivity index (χ2v) is 4.48. The number of aryl methyl sites for hydroxylation is 1. The van der Waals surface area contributed by atoms with E-state index in [-0.39, 0.29) is 5.78 Å². The molecule has 0 radical (unpaired) electrons. The second-order valence-electron chi connectivity index (χ2n) is 4.48. The molecule has 0 aliphatic carbocycles. The van der Waals surface area contributed by atoms with Gasteiger partial charge in [-0.3, -0.25) is 4.79 Å². The van der Waals surface area contributed by atoms with Crippen LogP contribution in [0.25, 0.3) is 0 Å². The van der Waals surface area contributed by atoms with Gasteiger partial charge in [-0.15, -0.1) is 0 Å². The molecule has 0 aliphatic heterocycles. The summed E-state index contributed by atoms with van der Waals surface area (Å²) < 4.78 is 0. The van der Waals surface area contributed by atoms with E-state index in [0.717, 1.165) is 12.0 Å². The zero-order valence-corrected chi connectivity index (χ0v) is 10.9. The lowest BCUT2D eigenvalue weighted by Gasteiger charge is -1.97. The SMILES string of the molecule is CCCCCC/C=C/C(=O)c1ccc(C)cc1. The van der Waals surface area contributed by atoms with Crippen molar-refractivity contribution in [2.75, 3.05) is 0 Å². The highest BCUT2D eigenvalue weighted by molar-refractivity contribution is 6.04. The van der Waals surface area contributed by atoms with Crippen molar-refractivity contribution in [1.82, 2.24) is 0 Å². The van der Waals surface area contributed by atoms with Gasteiger partial charge < -0.3 is 0 Å². The molecular formula is C16H22O. The summed E-state index contributed by atoms with van der Waals surface area (Å²) in [6.07, 6.45) is 9.71. The largest absolute Gasteiger partial charge is 0.289 e. The first-order valence-corrected chi connectivity index (χ1v) is 6.51. The summed E-state index contributed by atoms with van der Waals surface area (Å²) in [5.74, 6) is 0.112. The minimum Gasteiger partial charge on any atom is -0.289 e. The molecule has 0 atom stereocenters. The van der Waals surface area contributed by atoms with E-state index in [9.17, 15) is 4.79 Å².